The Morgan fingerprint density at radius 3 is 2.67 bits per heavy atom. The monoisotopic (exact) mass is 297 g/mol. The first-order chi connectivity index (χ1) is 6.50. The van der Waals surface area contributed by atoms with Crippen molar-refractivity contribution in [3.8, 4) is 0 Å². The molecule has 15 heavy (non-hydrogen) atoms. The van der Waals surface area contributed by atoms with E-state index >= 15 is 0 Å². The Kier molecular flexibility index (Phi) is 5.79. The topological polar surface area (TPSA) is 63.3 Å². The number of hydrogen-bond acceptors (Lipinski definition) is 2. The van der Waals surface area contributed by atoms with Gasteiger partial charge in [-0.2, -0.15) is 0 Å². The molecule has 0 saturated heterocycles. The zero-order valence-corrected chi connectivity index (χ0v) is 10.0. The van der Waals surface area contributed by atoms with Gasteiger partial charge in [0.2, 0.25) is 0 Å². The van der Waals surface area contributed by atoms with Crippen LogP contribution in [0, 0.1) is 5.82 Å². The lowest BCUT2D eigenvalue weighted by Gasteiger charge is -2.06. The summed E-state index contributed by atoms with van der Waals surface area (Å²) in [7, 11) is 0. The molecule has 1 aromatic carbocycles. The van der Waals surface area contributed by atoms with Crippen LogP contribution in [0.4, 0.5) is 4.39 Å². The average Bonchev–Trinajstić information content (AvgIpc) is 2.11. The average molecular weight is 299 g/mol. The molecular formula is C9H10BrClFNO2. The second-order valence-corrected chi connectivity index (χ2v) is 3.75. The van der Waals surface area contributed by atoms with Crippen LogP contribution in [0.5, 0.6) is 0 Å². The maximum atomic E-state index is 13.0. The van der Waals surface area contributed by atoms with Gasteiger partial charge in [0.1, 0.15) is 11.9 Å². The molecule has 1 rings (SSSR count). The minimum Gasteiger partial charge on any atom is -0.480 e. The summed E-state index contributed by atoms with van der Waals surface area (Å²) in [6.07, 6.45) is 0.125. The first kappa shape index (κ1) is 14.3. The fourth-order valence-electron chi connectivity index (χ4n) is 1.01. The number of benzene rings is 1. The number of carboxylic acids is 1. The van der Waals surface area contributed by atoms with Gasteiger partial charge in [-0.15, -0.1) is 12.4 Å². The van der Waals surface area contributed by atoms with Gasteiger partial charge >= 0.3 is 5.97 Å². The lowest BCUT2D eigenvalue weighted by atomic mass is 10.1. The predicted octanol–water partition coefficient (Wildman–Crippen LogP) is 1.96. The van der Waals surface area contributed by atoms with Crippen LogP contribution in [0.25, 0.3) is 0 Å². The number of rotatable bonds is 3. The van der Waals surface area contributed by atoms with Gasteiger partial charge in [0.05, 0.1) is 4.47 Å². The van der Waals surface area contributed by atoms with Gasteiger partial charge in [-0.3, -0.25) is 4.79 Å². The Morgan fingerprint density at radius 1 is 1.60 bits per heavy atom. The van der Waals surface area contributed by atoms with Crippen molar-refractivity contribution in [1.82, 2.24) is 0 Å². The first-order valence-corrected chi connectivity index (χ1v) is 4.72. The quantitative estimate of drug-likeness (QED) is 0.896. The summed E-state index contributed by atoms with van der Waals surface area (Å²) < 4.78 is 13.3. The number of carboxylic acid groups (broad SMARTS) is 1. The van der Waals surface area contributed by atoms with Crippen molar-refractivity contribution in [2.24, 2.45) is 5.73 Å². The van der Waals surface area contributed by atoms with Crippen LogP contribution in [0.2, 0.25) is 0 Å². The number of carbonyl (C=O) groups is 1. The molecule has 3 N–H and O–H groups in total. The maximum absolute atomic E-state index is 13.0. The molecule has 1 atom stereocenters. The molecule has 0 amide bonds. The third-order valence-corrected chi connectivity index (χ3v) is 2.40. The fourth-order valence-corrected chi connectivity index (χ4v) is 1.25. The van der Waals surface area contributed by atoms with Crippen molar-refractivity contribution >= 4 is 34.3 Å². The molecule has 0 radical (unpaired) electrons. The lowest BCUT2D eigenvalue weighted by Crippen LogP contribution is -2.32. The summed E-state index contributed by atoms with van der Waals surface area (Å²) in [5, 5.41) is 8.54. The third kappa shape index (κ3) is 4.15. The Hall–Kier alpha value is -0.650. The van der Waals surface area contributed by atoms with Gasteiger partial charge in [-0.05, 0) is 40.0 Å². The van der Waals surface area contributed by atoms with E-state index in [0.717, 1.165) is 0 Å². The second-order valence-electron chi connectivity index (χ2n) is 2.90. The molecule has 0 unspecified atom stereocenters. The van der Waals surface area contributed by atoms with Crippen LogP contribution < -0.4 is 5.73 Å². The highest BCUT2D eigenvalue weighted by atomic mass is 79.9. The van der Waals surface area contributed by atoms with Gasteiger partial charge < -0.3 is 10.8 Å². The van der Waals surface area contributed by atoms with E-state index in [2.05, 4.69) is 15.9 Å². The zero-order chi connectivity index (χ0) is 10.7. The third-order valence-electron chi connectivity index (χ3n) is 1.76. The molecule has 6 heteroatoms. The highest BCUT2D eigenvalue weighted by Gasteiger charge is 2.12. The molecule has 0 spiro atoms. The van der Waals surface area contributed by atoms with Crippen LogP contribution in [-0.2, 0) is 11.2 Å². The predicted molar refractivity (Wildman–Crippen MR) is 60.7 cm³/mol. The van der Waals surface area contributed by atoms with Crippen LogP contribution in [0.15, 0.2) is 22.7 Å². The van der Waals surface area contributed by atoms with Crippen LogP contribution in [0.1, 0.15) is 5.56 Å². The molecule has 1 aromatic rings. The van der Waals surface area contributed by atoms with E-state index in [9.17, 15) is 9.18 Å². The van der Waals surface area contributed by atoms with Gasteiger partial charge in [-0.25, -0.2) is 4.39 Å². The van der Waals surface area contributed by atoms with Crippen molar-refractivity contribution in [3.05, 3.63) is 34.1 Å². The Morgan fingerprint density at radius 2 is 2.20 bits per heavy atom. The lowest BCUT2D eigenvalue weighted by molar-refractivity contribution is -0.138. The molecule has 0 aromatic heterocycles. The summed E-state index contributed by atoms with van der Waals surface area (Å²) in [6.45, 7) is 0. The van der Waals surface area contributed by atoms with Crippen molar-refractivity contribution in [1.29, 1.82) is 0 Å². The number of hydrogen-bond donors (Lipinski definition) is 2. The van der Waals surface area contributed by atoms with Gasteiger partial charge in [0.15, 0.2) is 0 Å². The number of nitrogens with two attached hydrogens (primary N) is 1. The molecule has 0 fully saturated rings. The molecule has 0 heterocycles. The summed E-state index contributed by atoms with van der Waals surface area (Å²) >= 11 is 3.00. The Balaban J connectivity index is 0.00000196. The molecule has 84 valence electrons. The van der Waals surface area contributed by atoms with Crippen molar-refractivity contribution < 1.29 is 14.3 Å². The van der Waals surface area contributed by atoms with Gasteiger partial charge in [0.25, 0.3) is 0 Å². The van der Waals surface area contributed by atoms with E-state index in [-0.39, 0.29) is 18.8 Å². The van der Waals surface area contributed by atoms with E-state index in [0.29, 0.717) is 10.0 Å². The fraction of sp³-hybridized carbons (Fsp3) is 0.222. The molecule has 0 saturated carbocycles. The van der Waals surface area contributed by atoms with Crippen LogP contribution >= 0.6 is 28.3 Å². The SMILES string of the molecule is Cl.N[C@H](Cc1ccc(Br)c(F)c1)C(=O)O. The minimum absolute atomic E-state index is 0. The molecule has 3 nitrogen and oxygen atoms in total. The Bertz CT molecular complexity index is 362. The van der Waals surface area contributed by atoms with Crippen molar-refractivity contribution in [2.75, 3.05) is 0 Å². The van der Waals surface area contributed by atoms with Gasteiger partial charge in [-0.1, -0.05) is 6.07 Å². The Labute approximate surface area is 101 Å². The van der Waals surface area contributed by atoms with E-state index in [4.69, 9.17) is 10.8 Å². The first-order valence-electron chi connectivity index (χ1n) is 3.93. The van der Waals surface area contributed by atoms with E-state index in [1.165, 1.54) is 12.1 Å². The molecule has 0 bridgehead atoms. The maximum Gasteiger partial charge on any atom is 0.320 e. The smallest absolute Gasteiger partial charge is 0.320 e. The molecule has 0 aliphatic heterocycles. The molecular weight excluding hydrogens is 288 g/mol. The highest BCUT2D eigenvalue weighted by molar-refractivity contribution is 9.10. The van der Waals surface area contributed by atoms with Gasteiger partial charge in [0, 0.05) is 0 Å². The van der Waals surface area contributed by atoms with Crippen LogP contribution in [0.3, 0.4) is 0 Å². The largest absolute Gasteiger partial charge is 0.480 e. The highest BCUT2D eigenvalue weighted by Crippen LogP contribution is 2.16. The van der Waals surface area contributed by atoms with E-state index in [1.54, 1.807) is 6.07 Å². The van der Waals surface area contributed by atoms with Crippen molar-refractivity contribution in [2.45, 2.75) is 12.5 Å². The number of halogens is 3. The summed E-state index contributed by atoms with van der Waals surface area (Å²) in [6, 6.07) is 3.44. The minimum atomic E-state index is -1.09. The summed E-state index contributed by atoms with van der Waals surface area (Å²) in [4.78, 5) is 10.4. The van der Waals surface area contributed by atoms with Crippen LogP contribution in [-0.4, -0.2) is 17.1 Å². The summed E-state index contributed by atoms with van der Waals surface area (Å²) in [5.41, 5.74) is 5.87. The molecule has 0 aliphatic carbocycles. The van der Waals surface area contributed by atoms with Crippen molar-refractivity contribution in [3.63, 3.8) is 0 Å². The standard InChI is InChI=1S/C9H9BrFNO2.ClH/c10-6-2-1-5(3-7(6)11)4-8(12)9(13)14;/h1-3,8H,4,12H2,(H,13,14);1H/t8-;/m1./s1. The van der Waals surface area contributed by atoms with E-state index in [1.807, 2.05) is 0 Å². The molecule has 0 aliphatic rings. The van der Waals surface area contributed by atoms with E-state index < -0.39 is 17.8 Å². The zero-order valence-electron chi connectivity index (χ0n) is 7.61. The number of aliphatic carboxylic acids is 1. The summed E-state index contributed by atoms with van der Waals surface area (Å²) in [5.74, 6) is -1.51. The second kappa shape index (κ2) is 6.05. The normalized spacial score (nSPS) is 11.7.